The third-order valence-electron chi connectivity index (χ3n) is 7.81. The zero-order chi connectivity index (χ0) is 29.1. The van der Waals surface area contributed by atoms with Crippen molar-refractivity contribution in [1.82, 2.24) is 9.62 Å². The molecular formula is C29H36N2O8S2. The van der Waals surface area contributed by atoms with Crippen molar-refractivity contribution in [2.75, 3.05) is 45.2 Å². The topological polar surface area (TPSA) is 142 Å². The van der Waals surface area contributed by atoms with Gasteiger partial charge in [0.1, 0.15) is 18.5 Å². The summed E-state index contributed by atoms with van der Waals surface area (Å²) in [5, 5.41) is 24.6. The molecule has 0 saturated carbocycles. The van der Waals surface area contributed by atoms with E-state index in [1.165, 1.54) is 16.4 Å². The molecule has 12 heteroatoms. The molecular weight excluding hydrogens is 568 g/mol. The number of nitrogens with zero attached hydrogens (tertiary/aromatic N) is 1. The number of sulfonamides is 1. The number of rotatable bonds is 11. The van der Waals surface area contributed by atoms with Gasteiger partial charge in [0.05, 0.1) is 34.4 Å². The number of aliphatic hydroxyl groups is 2. The maximum atomic E-state index is 13.3. The van der Waals surface area contributed by atoms with Gasteiger partial charge in [-0.2, -0.15) is 4.31 Å². The highest BCUT2D eigenvalue weighted by atomic mass is 32.2. The molecule has 3 aromatic rings. The second-order valence-corrected chi connectivity index (χ2v) is 14.7. The van der Waals surface area contributed by atoms with Gasteiger partial charge in [-0.3, -0.25) is 0 Å². The molecule has 0 aliphatic carbocycles. The minimum absolute atomic E-state index is 0.0141. The van der Waals surface area contributed by atoms with Gasteiger partial charge >= 0.3 is 0 Å². The molecule has 3 aromatic carbocycles. The van der Waals surface area contributed by atoms with E-state index in [1.807, 2.05) is 30.3 Å². The number of aliphatic hydroxyl groups excluding tert-OH is 2. The monoisotopic (exact) mass is 604 g/mol. The van der Waals surface area contributed by atoms with E-state index in [0.29, 0.717) is 43.2 Å². The smallest absolute Gasteiger partial charge is 0.243 e. The van der Waals surface area contributed by atoms with Crippen LogP contribution in [0.2, 0.25) is 0 Å². The number of hydrogen-bond donors (Lipinski definition) is 3. The molecule has 2 saturated heterocycles. The minimum Gasteiger partial charge on any atom is -0.491 e. The van der Waals surface area contributed by atoms with Crippen LogP contribution in [0.25, 0.3) is 10.8 Å². The summed E-state index contributed by atoms with van der Waals surface area (Å²) in [6.07, 6.45) is 1.08. The van der Waals surface area contributed by atoms with Gasteiger partial charge in [0.15, 0.2) is 9.84 Å². The Morgan fingerprint density at radius 2 is 1.73 bits per heavy atom. The van der Waals surface area contributed by atoms with Crippen molar-refractivity contribution in [3.05, 3.63) is 66.7 Å². The molecule has 0 aromatic heterocycles. The van der Waals surface area contributed by atoms with Gasteiger partial charge in [-0.15, -0.1) is 0 Å². The van der Waals surface area contributed by atoms with Crippen molar-refractivity contribution in [2.24, 2.45) is 0 Å². The number of piperidine rings is 1. The maximum absolute atomic E-state index is 13.3. The zero-order valence-electron chi connectivity index (χ0n) is 22.7. The summed E-state index contributed by atoms with van der Waals surface area (Å²) in [7, 11) is -7.20. The van der Waals surface area contributed by atoms with E-state index in [9.17, 15) is 21.9 Å². The fourth-order valence-electron chi connectivity index (χ4n) is 5.48. The van der Waals surface area contributed by atoms with Crippen LogP contribution in [0, 0.1) is 0 Å². The molecule has 10 nitrogen and oxygen atoms in total. The Bertz CT molecular complexity index is 1570. The lowest BCUT2D eigenvalue weighted by atomic mass is 9.88. The molecule has 222 valence electrons. The molecule has 2 aliphatic rings. The Balaban J connectivity index is 1.09. The molecule has 0 bridgehead atoms. The van der Waals surface area contributed by atoms with Gasteiger partial charge in [0.2, 0.25) is 10.0 Å². The number of nitrogens with one attached hydrogen (secondary N) is 1. The van der Waals surface area contributed by atoms with Gasteiger partial charge in [-0.05, 0) is 60.4 Å². The highest BCUT2D eigenvalue weighted by molar-refractivity contribution is 7.91. The van der Waals surface area contributed by atoms with E-state index in [0.717, 1.165) is 17.2 Å². The van der Waals surface area contributed by atoms with Crippen molar-refractivity contribution in [3.8, 4) is 5.75 Å². The quantitative estimate of drug-likeness (QED) is 0.299. The standard InChI is InChI=1S/C29H36N2O8S2/c32-14-15-40(34,35)27-7-3-6-26(17-27)38-21-25(33)19-30-24-18-29(39-20-24)10-12-31(13-11-29)41(36,37)28-9-8-22-4-1-2-5-23(22)16-28/h1-9,16-17,24-25,30,32-33H,10-15,18-21H2/t24-,25-/m0/s1. The van der Waals surface area contributed by atoms with Crippen molar-refractivity contribution in [1.29, 1.82) is 0 Å². The molecule has 2 aliphatic heterocycles. The van der Waals surface area contributed by atoms with Crippen LogP contribution in [0.3, 0.4) is 0 Å². The normalized spacial score (nSPS) is 20.4. The molecule has 0 amide bonds. The highest BCUT2D eigenvalue weighted by Gasteiger charge is 2.44. The Kier molecular flexibility index (Phi) is 9.00. The van der Waals surface area contributed by atoms with E-state index >= 15 is 0 Å². The number of sulfone groups is 1. The molecule has 0 radical (unpaired) electrons. The Labute approximate surface area is 240 Å². The maximum Gasteiger partial charge on any atom is 0.243 e. The first kappa shape index (κ1) is 29.9. The molecule has 2 atom stereocenters. The van der Waals surface area contributed by atoms with Crippen LogP contribution in [0.4, 0.5) is 0 Å². The summed E-state index contributed by atoms with van der Waals surface area (Å²) in [5.41, 5.74) is -0.394. The highest BCUT2D eigenvalue weighted by Crippen LogP contribution is 2.37. The van der Waals surface area contributed by atoms with Gasteiger partial charge in [0, 0.05) is 25.7 Å². The van der Waals surface area contributed by atoms with Crippen molar-refractivity contribution >= 4 is 30.6 Å². The van der Waals surface area contributed by atoms with Crippen LogP contribution in [-0.4, -0.2) is 94.3 Å². The molecule has 41 heavy (non-hydrogen) atoms. The largest absolute Gasteiger partial charge is 0.491 e. The summed E-state index contributed by atoms with van der Waals surface area (Å²) in [6.45, 7) is 0.991. The average Bonchev–Trinajstić information content (AvgIpc) is 3.37. The van der Waals surface area contributed by atoms with Crippen LogP contribution in [0.15, 0.2) is 76.5 Å². The fraction of sp³-hybridized carbons (Fsp3) is 0.448. The number of fused-ring (bicyclic) bond motifs is 1. The van der Waals surface area contributed by atoms with Gasteiger partial charge in [-0.25, -0.2) is 16.8 Å². The summed E-state index contributed by atoms with van der Waals surface area (Å²) in [6, 6.07) is 18.9. The zero-order valence-corrected chi connectivity index (χ0v) is 24.3. The Morgan fingerprint density at radius 1 is 0.976 bits per heavy atom. The fourth-order valence-corrected chi connectivity index (χ4v) is 8.02. The summed E-state index contributed by atoms with van der Waals surface area (Å²) in [5.74, 6) is -0.0525. The van der Waals surface area contributed by atoms with Gasteiger partial charge in [-0.1, -0.05) is 36.4 Å². The average molecular weight is 605 g/mol. The first-order valence-corrected chi connectivity index (χ1v) is 16.8. The van der Waals surface area contributed by atoms with E-state index in [-0.39, 0.29) is 29.8 Å². The second-order valence-electron chi connectivity index (χ2n) is 10.7. The van der Waals surface area contributed by atoms with Crippen LogP contribution in [0.5, 0.6) is 5.75 Å². The van der Waals surface area contributed by atoms with Gasteiger partial charge in [0.25, 0.3) is 0 Å². The molecule has 2 heterocycles. The van der Waals surface area contributed by atoms with Crippen LogP contribution < -0.4 is 10.1 Å². The van der Waals surface area contributed by atoms with E-state index in [1.54, 1.807) is 24.3 Å². The number of hydrogen-bond acceptors (Lipinski definition) is 9. The number of benzene rings is 3. The first-order chi connectivity index (χ1) is 19.6. The number of ether oxygens (including phenoxy) is 2. The predicted octanol–water partition coefficient (Wildman–Crippen LogP) is 1.95. The summed E-state index contributed by atoms with van der Waals surface area (Å²) < 4.78 is 64.3. The van der Waals surface area contributed by atoms with E-state index in [4.69, 9.17) is 14.6 Å². The van der Waals surface area contributed by atoms with Crippen LogP contribution in [0.1, 0.15) is 19.3 Å². The summed E-state index contributed by atoms with van der Waals surface area (Å²) in [4.78, 5) is 0.356. The molecule has 2 fully saturated rings. The Morgan fingerprint density at radius 3 is 2.49 bits per heavy atom. The van der Waals surface area contributed by atoms with Crippen LogP contribution >= 0.6 is 0 Å². The lowest BCUT2D eigenvalue weighted by Gasteiger charge is -2.38. The van der Waals surface area contributed by atoms with Crippen molar-refractivity contribution in [2.45, 2.75) is 46.8 Å². The van der Waals surface area contributed by atoms with E-state index < -0.39 is 38.2 Å². The van der Waals surface area contributed by atoms with Crippen molar-refractivity contribution in [3.63, 3.8) is 0 Å². The lowest BCUT2D eigenvalue weighted by molar-refractivity contribution is -0.0312. The molecule has 3 N–H and O–H groups in total. The summed E-state index contributed by atoms with van der Waals surface area (Å²) >= 11 is 0. The first-order valence-electron chi connectivity index (χ1n) is 13.7. The van der Waals surface area contributed by atoms with E-state index in [2.05, 4.69) is 5.32 Å². The third-order valence-corrected chi connectivity index (χ3v) is 11.4. The third kappa shape index (κ3) is 6.91. The SMILES string of the molecule is O=S(=O)(CCO)c1cccc(OC[C@@H](O)CN[C@@H]2COC3(CCN(S(=O)(=O)c4ccc5ccccc5c4)CC3)C2)c1. The van der Waals surface area contributed by atoms with Crippen molar-refractivity contribution < 1.29 is 36.5 Å². The molecule has 1 spiro atoms. The van der Waals surface area contributed by atoms with Gasteiger partial charge < -0.3 is 25.0 Å². The molecule has 0 unspecified atom stereocenters. The minimum atomic E-state index is -3.61. The Hall–Kier alpha value is -2.58. The lowest BCUT2D eigenvalue weighted by Crippen LogP contribution is -2.47. The molecule has 5 rings (SSSR count). The predicted molar refractivity (Wildman–Crippen MR) is 154 cm³/mol. The second kappa shape index (κ2) is 12.3. The van der Waals surface area contributed by atoms with Crippen LogP contribution in [-0.2, 0) is 24.6 Å².